The van der Waals surface area contributed by atoms with Gasteiger partial charge in [-0.15, -0.1) is 0 Å². The summed E-state index contributed by atoms with van der Waals surface area (Å²) in [5.74, 6) is 1.28. The van der Waals surface area contributed by atoms with Gasteiger partial charge in [0, 0.05) is 0 Å². The molecule has 0 atom stereocenters. The molecule has 0 saturated carbocycles. The molecule has 0 radical (unpaired) electrons. The van der Waals surface area contributed by atoms with Crippen LogP contribution in [0.5, 0.6) is 11.5 Å². The van der Waals surface area contributed by atoms with E-state index in [1.807, 2.05) is 32.0 Å². The summed E-state index contributed by atoms with van der Waals surface area (Å²) < 4.78 is 12.7. The lowest BCUT2D eigenvalue weighted by molar-refractivity contribution is 0.287. The lowest BCUT2D eigenvalue weighted by atomic mass is 10.2. The molecule has 0 fully saturated rings. The van der Waals surface area contributed by atoms with Gasteiger partial charge in [-0.1, -0.05) is 17.4 Å². The van der Waals surface area contributed by atoms with Crippen molar-refractivity contribution in [2.45, 2.75) is 20.8 Å². The van der Waals surface area contributed by atoms with Crippen molar-refractivity contribution in [1.82, 2.24) is 14.6 Å². The first-order valence-electron chi connectivity index (χ1n) is 7.85. The molecule has 25 heavy (non-hydrogen) atoms. The summed E-state index contributed by atoms with van der Waals surface area (Å²) in [4.78, 5) is 28.2. The second-order valence-electron chi connectivity index (χ2n) is 5.18. The lowest BCUT2D eigenvalue weighted by Gasteiger charge is -2.11. The Labute approximate surface area is 147 Å². The van der Waals surface area contributed by atoms with Crippen molar-refractivity contribution < 1.29 is 9.47 Å². The Morgan fingerprint density at radius 3 is 2.60 bits per heavy atom. The van der Waals surface area contributed by atoms with Crippen LogP contribution < -0.4 is 25.1 Å². The number of aromatic nitrogens is 3. The molecule has 0 spiro atoms. The number of fused-ring (bicyclic) bond motifs is 1. The van der Waals surface area contributed by atoms with E-state index in [1.54, 1.807) is 6.08 Å². The molecule has 0 aliphatic carbocycles. The molecule has 0 aliphatic heterocycles. The van der Waals surface area contributed by atoms with E-state index in [0.717, 1.165) is 21.4 Å². The zero-order valence-electron chi connectivity index (χ0n) is 14.1. The summed E-state index contributed by atoms with van der Waals surface area (Å²) >= 11 is 1.12. The summed E-state index contributed by atoms with van der Waals surface area (Å²) in [5.41, 5.74) is 0.254. The molecular weight excluding hydrogens is 342 g/mol. The van der Waals surface area contributed by atoms with Crippen LogP contribution >= 0.6 is 11.3 Å². The van der Waals surface area contributed by atoms with Crippen LogP contribution in [-0.4, -0.2) is 27.8 Å². The number of aryl methyl sites for hydroxylation is 1. The summed E-state index contributed by atoms with van der Waals surface area (Å²) in [6.07, 6.45) is 1.72. The molecule has 8 heteroatoms. The van der Waals surface area contributed by atoms with E-state index in [9.17, 15) is 9.59 Å². The van der Waals surface area contributed by atoms with Crippen molar-refractivity contribution in [2.24, 2.45) is 0 Å². The van der Waals surface area contributed by atoms with Crippen LogP contribution in [0.2, 0.25) is 0 Å². The Bertz CT molecular complexity index is 1090. The minimum absolute atomic E-state index is 0.193. The Morgan fingerprint density at radius 1 is 1.16 bits per heavy atom. The number of benzene rings is 1. The predicted molar refractivity (Wildman–Crippen MR) is 95.7 cm³/mol. The number of thiazole rings is 1. The maximum absolute atomic E-state index is 12.5. The Kier molecular flexibility index (Phi) is 4.80. The zero-order valence-corrected chi connectivity index (χ0v) is 14.9. The summed E-state index contributed by atoms with van der Waals surface area (Å²) in [6.45, 7) is 6.37. The fraction of sp³-hybridized carbons (Fsp3) is 0.294. The van der Waals surface area contributed by atoms with Crippen LogP contribution in [0.1, 0.15) is 25.1 Å². The lowest BCUT2D eigenvalue weighted by Crippen LogP contribution is -2.27. The highest BCUT2D eigenvalue weighted by Gasteiger charge is 2.09. The standard InChI is InChI=1S/C17H17N3O4S/c1-4-23-12-7-6-11(8-13(12)24-5-2)9-14-16(22)20-17(25-14)18-15(21)10(3)19-20/h6-9H,4-5H2,1-3H3/b14-9+. The first kappa shape index (κ1) is 17.1. The van der Waals surface area contributed by atoms with Crippen LogP contribution in [-0.2, 0) is 0 Å². The van der Waals surface area contributed by atoms with E-state index < -0.39 is 5.56 Å². The molecule has 2 heterocycles. The molecule has 130 valence electrons. The average Bonchev–Trinajstić information content (AvgIpc) is 2.87. The van der Waals surface area contributed by atoms with Gasteiger partial charge < -0.3 is 9.47 Å². The summed E-state index contributed by atoms with van der Waals surface area (Å²) in [6, 6.07) is 5.46. The number of hydrogen-bond donors (Lipinski definition) is 0. The van der Waals surface area contributed by atoms with Gasteiger partial charge in [0.1, 0.15) is 5.69 Å². The fourth-order valence-corrected chi connectivity index (χ4v) is 3.20. The van der Waals surface area contributed by atoms with Crippen molar-refractivity contribution >= 4 is 22.4 Å². The Hall–Kier alpha value is -2.74. The molecule has 0 saturated heterocycles. The zero-order chi connectivity index (χ0) is 18.0. The summed E-state index contributed by atoms with van der Waals surface area (Å²) in [5, 5.41) is 4.00. The molecule has 0 aliphatic rings. The van der Waals surface area contributed by atoms with Crippen molar-refractivity contribution in [1.29, 1.82) is 0 Å². The minimum Gasteiger partial charge on any atom is -0.490 e. The maximum Gasteiger partial charge on any atom is 0.295 e. The Balaban J connectivity index is 2.13. The Morgan fingerprint density at radius 2 is 1.88 bits per heavy atom. The van der Waals surface area contributed by atoms with Crippen LogP contribution in [0.4, 0.5) is 0 Å². The van der Waals surface area contributed by atoms with Crippen LogP contribution in [0.15, 0.2) is 27.8 Å². The van der Waals surface area contributed by atoms with Crippen LogP contribution in [0.25, 0.3) is 11.0 Å². The first-order valence-corrected chi connectivity index (χ1v) is 8.67. The van der Waals surface area contributed by atoms with E-state index >= 15 is 0 Å². The molecule has 0 N–H and O–H groups in total. The number of rotatable bonds is 5. The van der Waals surface area contributed by atoms with Gasteiger partial charge in [0.05, 0.1) is 17.7 Å². The van der Waals surface area contributed by atoms with Crippen LogP contribution in [0.3, 0.4) is 0 Å². The highest BCUT2D eigenvalue weighted by Crippen LogP contribution is 2.28. The maximum atomic E-state index is 12.5. The third kappa shape index (κ3) is 3.39. The third-order valence-electron chi connectivity index (χ3n) is 3.41. The van der Waals surface area contributed by atoms with Crippen molar-refractivity contribution in [3.05, 3.63) is 54.7 Å². The molecule has 3 aromatic rings. The van der Waals surface area contributed by atoms with Gasteiger partial charge in [-0.05, 0) is 44.5 Å². The third-order valence-corrected chi connectivity index (χ3v) is 4.37. The molecule has 2 aromatic heterocycles. The van der Waals surface area contributed by atoms with E-state index in [-0.39, 0.29) is 16.2 Å². The number of hydrogen-bond acceptors (Lipinski definition) is 7. The molecule has 1 aromatic carbocycles. The van der Waals surface area contributed by atoms with Gasteiger partial charge in [0.15, 0.2) is 11.5 Å². The summed E-state index contributed by atoms with van der Waals surface area (Å²) in [7, 11) is 0. The smallest absolute Gasteiger partial charge is 0.295 e. The van der Waals surface area contributed by atoms with Crippen molar-refractivity contribution in [2.75, 3.05) is 13.2 Å². The second-order valence-corrected chi connectivity index (χ2v) is 6.19. The SMILES string of the molecule is CCOc1ccc(/C=c2/sc3nc(=O)c(C)nn3c2=O)cc1OCC. The van der Waals surface area contributed by atoms with Gasteiger partial charge in [-0.2, -0.15) is 14.6 Å². The topological polar surface area (TPSA) is 82.8 Å². The highest BCUT2D eigenvalue weighted by atomic mass is 32.1. The minimum atomic E-state index is -0.424. The first-order chi connectivity index (χ1) is 12.0. The van der Waals surface area contributed by atoms with Gasteiger partial charge in [0.25, 0.3) is 11.1 Å². The monoisotopic (exact) mass is 359 g/mol. The quantitative estimate of drug-likeness (QED) is 0.680. The largest absolute Gasteiger partial charge is 0.490 e. The normalized spacial score (nSPS) is 11.9. The predicted octanol–water partition coefficient (Wildman–Crippen LogP) is 1.16. The van der Waals surface area contributed by atoms with Crippen molar-refractivity contribution in [3.8, 4) is 11.5 Å². The molecule has 0 bridgehead atoms. The van der Waals surface area contributed by atoms with E-state index in [0.29, 0.717) is 29.2 Å². The van der Waals surface area contributed by atoms with Gasteiger partial charge in [0.2, 0.25) is 4.96 Å². The van der Waals surface area contributed by atoms with Gasteiger partial charge >= 0.3 is 0 Å². The van der Waals surface area contributed by atoms with Crippen LogP contribution in [0, 0.1) is 6.92 Å². The molecule has 0 unspecified atom stereocenters. The molecule has 3 rings (SSSR count). The number of nitrogens with zero attached hydrogens (tertiary/aromatic N) is 3. The molecule has 7 nitrogen and oxygen atoms in total. The van der Waals surface area contributed by atoms with E-state index in [2.05, 4.69) is 10.1 Å². The second kappa shape index (κ2) is 7.02. The van der Waals surface area contributed by atoms with Gasteiger partial charge in [-0.25, -0.2) is 0 Å². The van der Waals surface area contributed by atoms with E-state index in [1.165, 1.54) is 6.92 Å². The number of ether oxygens (including phenoxy) is 2. The van der Waals surface area contributed by atoms with Gasteiger partial charge in [-0.3, -0.25) is 9.59 Å². The van der Waals surface area contributed by atoms with Crippen molar-refractivity contribution in [3.63, 3.8) is 0 Å². The average molecular weight is 359 g/mol. The highest BCUT2D eigenvalue weighted by molar-refractivity contribution is 7.15. The molecular formula is C17H17N3O4S. The van der Waals surface area contributed by atoms with E-state index in [4.69, 9.17) is 9.47 Å². The molecule has 0 amide bonds. The fourth-order valence-electron chi connectivity index (χ4n) is 2.30.